The zero-order valence-corrected chi connectivity index (χ0v) is 6.79. The smallest absolute Gasteiger partial charge is 0.325 e. The third-order valence-corrected chi connectivity index (χ3v) is 1.92. The molecule has 1 aliphatic rings. The van der Waals surface area contributed by atoms with Crippen LogP contribution in [-0.4, -0.2) is 38.9 Å². The molecule has 64 valence electrons. The molecule has 0 aromatic heterocycles. The van der Waals surface area contributed by atoms with Gasteiger partial charge in [0.1, 0.15) is 6.04 Å². The van der Waals surface area contributed by atoms with Crippen LogP contribution >= 0.6 is 0 Å². The quantitative estimate of drug-likeness (QED) is 0.554. The van der Waals surface area contributed by atoms with Gasteiger partial charge in [0.2, 0.25) is 0 Å². The van der Waals surface area contributed by atoms with Crippen LogP contribution in [0.4, 0.5) is 0 Å². The first kappa shape index (κ1) is 8.49. The largest absolute Gasteiger partial charge is 0.468 e. The van der Waals surface area contributed by atoms with Gasteiger partial charge in [-0.25, -0.2) is 0 Å². The van der Waals surface area contributed by atoms with Crippen LogP contribution in [-0.2, 0) is 14.3 Å². The predicted octanol–water partition coefficient (Wildman–Crippen LogP) is -0.464. The monoisotopic (exact) mass is 159 g/mol. The number of hydrogen-bond donors (Lipinski definition) is 1. The Morgan fingerprint density at radius 1 is 1.55 bits per heavy atom. The number of methoxy groups -OCH3 is 2. The summed E-state index contributed by atoms with van der Waals surface area (Å²) in [7, 11) is 2.99. The molecule has 1 rings (SSSR count). The molecule has 0 aliphatic carbocycles. The molecule has 0 spiro atoms. The molecule has 0 amide bonds. The molecule has 1 heterocycles. The van der Waals surface area contributed by atoms with Crippen LogP contribution in [0.2, 0.25) is 0 Å². The van der Waals surface area contributed by atoms with Gasteiger partial charge >= 0.3 is 5.97 Å². The van der Waals surface area contributed by atoms with Gasteiger partial charge in [-0.2, -0.15) is 0 Å². The lowest BCUT2D eigenvalue weighted by Crippen LogP contribution is -2.40. The lowest BCUT2D eigenvalue weighted by atomic mass is 10.2. The molecule has 4 heteroatoms. The lowest BCUT2D eigenvalue weighted by molar-refractivity contribution is -0.145. The molecule has 1 N–H and O–H groups in total. The Bertz CT molecular complexity index is 149. The van der Waals surface area contributed by atoms with Gasteiger partial charge in [-0.3, -0.25) is 4.79 Å². The van der Waals surface area contributed by atoms with Crippen LogP contribution in [0.15, 0.2) is 0 Å². The van der Waals surface area contributed by atoms with Crippen LogP contribution in [0, 0.1) is 0 Å². The van der Waals surface area contributed by atoms with Gasteiger partial charge in [-0.15, -0.1) is 0 Å². The highest BCUT2D eigenvalue weighted by Crippen LogP contribution is 2.11. The molecular formula is C7H13NO3. The highest BCUT2D eigenvalue weighted by atomic mass is 16.5. The Morgan fingerprint density at radius 3 is 2.82 bits per heavy atom. The van der Waals surface area contributed by atoms with Crippen LogP contribution in [0.1, 0.15) is 6.42 Å². The van der Waals surface area contributed by atoms with E-state index in [2.05, 4.69) is 10.1 Å². The fourth-order valence-electron chi connectivity index (χ4n) is 1.30. The van der Waals surface area contributed by atoms with E-state index in [0.29, 0.717) is 0 Å². The minimum Gasteiger partial charge on any atom is -0.468 e. The summed E-state index contributed by atoms with van der Waals surface area (Å²) < 4.78 is 9.67. The van der Waals surface area contributed by atoms with Crippen LogP contribution in [0.5, 0.6) is 0 Å². The average Bonchev–Trinajstić information content (AvgIpc) is 2.50. The van der Waals surface area contributed by atoms with E-state index in [1.54, 1.807) is 7.11 Å². The molecule has 0 unspecified atom stereocenters. The van der Waals surface area contributed by atoms with Gasteiger partial charge in [-0.1, -0.05) is 0 Å². The minimum absolute atomic E-state index is 0.0255. The molecule has 11 heavy (non-hydrogen) atoms. The predicted molar refractivity (Wildman–Crippen MR) is 39.2 cm³/mol. The standard InChI is InChI=1S/C7H13NO3/c1-10-5-3-4-8-6(5)7(9)11-2/h5-6,8H,3-4H2,1-2H3/t5-,6+/m0/s1. The highest BCUT2D eigenvalue weighted by molar-refractivity contribution is 5.76. The first-order valence-corrected chi connectivity index (χ1v) is 3.63. The van der Waals surface area contributed by atoms with E-state index in [4.69, 9.17) is 4.74 Å². The van der Waals surface area contributed by atoms with Crippen molar-refractivity contribution in [2.24, 2.45) is 0 Å². The van der Waals surface area contributed by atoms with E-state index >= 15 is 0 Å². The zero-order valence-electron chi connectivity index (χ0n) is 6.79. The van der Waals surface area contributed by atoms with Crippen molar-refractivity contribution in [1.29, 1.82) is 0 Å². The third-order valence-electron chi connectivity index (χ3n) is 1.92. The Balaban J connectivity index is 2.49. The van der Waals surface area contributed by atoms with Crippen molar-refractivity contribution in [2.45, 2.75) is 18.6 Å². The number of ether oxygens (including phenoxy) is 2. The summed E-state index contributed by atoms with van der Waals surface area (Å²) in [6.45, 7) is 0.818. The maximum atomic E-state index is 11.0. The topological polar surface area (TPSA) is 47.6 Å². The van der Waals surface area contributed by atoms with Gasteiger partial charge in [0.15, 0.2) is 0 Å². The molecular weight excluding hydrogens is 146 g/mol. The zero-order chi connectivity index (χ0) is 8.27. The minimum atomic E-state index is -0.273. The fraction of sp³-hybridized carbons (Fsp3) is 0.857. The first-order valence-electron chi connectivity index (χ1n) is 3.63. The van der Waals surface area contributed by atoms with Crippen molar-refractivity contribution in [3.63, 3.8) is 0 Å². The summed E-state index contributed by atoms with van der Waals surface area (Å²) in [4.78, 5) is 11.0. The molecule has 0 radical (unpaired) electrons. The van der Waals surface area contributed by atoms with Crippen LogP contribution in [0.3, 0.4) is 0 Å². The molecule has 0 bridgehead atoms. The second-order valence-corrected chi connectivity index (χ2v) is 2.52. The van der Waals surface area contributed by atoms with Gasteiger partial charge in [0.25, 0.3) is 0 Å². The van der Waals surface area contributed by atoms with E-state index in [0.717, 1.165) is 13.0 Å². The maximum absolute atomic E-state index is 11.0. The van der Waals surface area contributed by atoms with Gasteiger partial charge in [-0.05, 0) is 13.0 Å². The number of nitrogens with one attached hydrogen (secondary N) is 1. The van der Waals surface area contributed by atoms with Gasteiger partial charge < -0.3 is 14.8 Å². The lowest BCUT2D eigenvalue weighted by Gasteiger charge is -2.14. The van der Waals surface area contributed by atoms with E-state index in [-0.39, 0.29) is 18.1 Å². The third kappa shape index (κ3) is 1.70. The second kappa shape index (κ2) is 3.69. The number of carbonyl (C=O) groups excluding carboxylic acids is 1. The highest BCUT2D eigenvalue weighted by Gasteiger charge is 2.33. The molecule has 2 atom stereocenters. The molecule has 0 aromatic rings. The van der Waals surface area contributed by atoms with E-state index in [1.807, 2.05) is 0 Å². The van der Waals surface area contributed by atoms with Gasteiger partial charge in [0.05, 0.1) is 13.2 Å². The molecule has 0 aromatic carbocycles. The van der Waals surface area contributed by atoms with Gasteiger partial charge in [0, 0.05) is 7.11 Å². The van der Waals surface area contributed by atoms with Crippen molar-refractivity contribution in [3.05, 3.63) is 0 Å². The SMILES string of the molecule is COC(=O)[C@@H]1NCC[C@@H]1OC. The molecule has 4 nitrogen and oxygen atoms in total. The summed E-state index contributed by atoms with van der Waals surface area (Å²) >= 11 is 0. The molecule has 0 saturated carbocycles. The van der Waals surface area contributed by atoms with Crippen LogP contribution in [0.25, 0.3) is 0 Å². The second-order valence-electron chi connectivity index (χ2n) is 2.52. The molecule has 1 fully saturated rings. The molecule has 1 saturated heterocycles. The van der Waals surface area contributed by atoms with Crippen molar-refractivity contribution in [3.8, 4) is 0 Å². The number of rotatable bonds is 2. The number of hydrogen-bond acceptors (Lipinski definition) is 4. The van der Waals surface area contributed by atoms with E-state index in [9.17, 15) is 4.79 Å². The Hall–Kier alpha value is -0.610. The summed E-state index contributed by atoms with van der Waals surface area (Å²) in [5.74, 6) is -0.241. The van der Waals surface area contributed by atoms with Crippen molar-refractivity contribution < 1.29 is 14.3 Å². The molecule has 1 aliphatic heterocycles. The Labute approximate surface area is 65.9 Å². The number of carbonyl (C=O) groups is 1. The van der Waals surface area contributed by atoms with Crippen molar-refractivity contribution >= 4 is 5.97 Å². The number of esters is 1. The fourth-order valence-corrected chi connectivity index (χ4v) is 1.30. The van der Waals surface area contributed by atoms with Crippen molar-refractivity contribution in [1.82, 2.24) is 5.32 Å². The van der Waals surface area contributed by atoms with E-state index < -0.39 is 0 Å². The summed E-state index contributed by atoms with van der Waals surface area (Å²) in [6, 6.07) is -0.273. The summed E-state index contributed by atoms with van der Waals surface area (Å²) in [5, 5.41) is 3.01. The summed E-state index contributed by atoms with van der Waals surface area (Å²) in [5.41, 5.74) is 0. The maximum Gasteiger partial charge on any atom is 0.325 e. The normalized spacial score (nSPS) is 30.4. The average molecular weight is 159 g/mol. The van der Waals surface area contributed by atoms with Crippen molar-refractivity contribution in [2.75, 3.05) is 20.8 Å². The first-order chi connectivity index (χ1) is 5.29. The van der Waals surface area contributed by atoms with Crippen LogP contribution < -0.4 is 5.32 Å². The van der Waals surface area contributed by atoms with E-state index in [1.165, 1.54) is 7.11 Å². The Morgan fingerprint density at radius 2 is 2.27 bits per heavy atom. The summed E-state index contributed by atoms with van der Waals surface area (Å²) in [6.07, 6.45) is 0.846. The Kier molecular flexibility index (Phi) is 2.84.